The molecule has 3 heteroatoms. The van der Waals surface area contributed by atoms with Crippen LogP contribution < -0.4 is 5.32 Å². The Morgan fingerprint density at radius 3 is 3.11 bits per heavy atom. The maximum absolute atomic E-state index is 10.5. The van der Waals surface area contributed by atoms with Gasteiger partial charge in [0.1, 0.15) is 0 Å². The second-order valence-electron chi connectivity index (χ2n) is 5.81. The zero-order valence-electron chi connectivity index (χ0n) is 11.7. The first kappa shape index (κ1) is 13.6. The standard InChI is InChI=1S/C15H26N2O/c1-3-17-9-5-7-14(17)11-16-12-15(18)8-4-6-13(2)10-15/h5,7,9,13,16,18H,3-4,6,8,10-12H2,1-2H3. The SMILES string of the molecule is CCn1cccc1CNCC1(O)CCCC(C)C1. The van der Waals surface area contributed by atoms with Gasteiger partial charge in [-0.05, 0) is 37.8 Å². The molecule has 0 aliphatic heterocycles. The fourth-order valence-electron chi connectivity index (χ4n) is 3.13. The molecule has 1 fully saturated rings. The van der Waals surface area contributed by atoms with Crippen LogP contribution in [0.25, 0.3) is 0 Å². The van der Waals surface area contributed by atoms with E-state index in [1.165, 1.54) is 12.1 Å². The Kier molecular flexibility index (Phi) is 4.46. The quantitative estimate of drug-likeness (QED) is 0.842. The second-order valence-corrected chi connectivity index (χ2v) is 5.81. The Balaban J connectivity index is 1.81. The molecule has 0 spiro atoms. The number of nitrogens with zero attached hydrogens (tertiary/aromatic N) is 1. The molecule has 0 amide bonds. The van der Waals surface area contributed by atoms with Gasteiger partial charge >= 0.3 is 0 Å². The van der Waals surface area contributed by atoms with Crippen LogP contribution >= 0.6 is 0 Å². The molecular weight excluding hydrogens is 224 g/mol. The van der Waals surface area contributed by atoms with Gasteiger partial charge in [0.15, 0.2) is 0 Å². The van der Waals surface area contributed by atoms with E-state index in [-0.39, 0.29) is 0 Å². The lowest BCUT2D eigenvalue weighted by atomic mass is 9.79. The lowest BCUT2D eigenvalue weighted by molar-refractivity contribution is -0.0120. The van der Waals surface area contributed by atoms with Gasteiger partial charge < -0.3 is 15.0 Å². The maximum Gasteiger partial charge on any atom is 0.0774 e. The minimum absolute atomic E-state index is 0.485. The van der Waals surface area contributed by atoms with Crippen molar-refractivity contribution in [3.8, 4) is 0 Å². The summed E-state index contributed by atoms with van der Waals surface area (Å²) in [5.41, 5.74) is 0.811. The van der Waals surface area contributed by atoms with Gasteiger partial charge in [-0.1, -0.05) is 19.8 Å². The van der Waals surface area contributed by atoms with Crippen molar-refractivity contribution in [3.63, 3.8) is 0 Å². The Labute approximate surface area is 110 Å². The third-order valence-corrected chi connectivity index (χ3v) is 4.09. The molecule has 1 aliphatic rings. The lowest BCUT2D eigenvalue weighted by Gasteiger charge is -2.35. The molecule has 1 aliphatic carbocycles. The Hall–Kier alpha value is -0.800. The van der Waals surface area contributed by atoms with Gasteiger partial charge in [0.25, 0.3) is 0 Å². The average Bonchev–Trinajstić information content (AvgIpc) is 2.76. The molecule has 1 aromatic heterocycles. The van der Waals surface area contributed by atoms with Crippen molar-refractivity contribution in [1.29, 1.82) is 0 Å². The molecule has 1 aromatic rings. The van der Waals surface area contributed by atoms with Gasteiger partial charge in [0.05, 0.1) is 5.60 Å². The molecular formula is C15H26N2O. The first-order chi connectivity index (χ1) is 8.63. The van der Waals surface area contributed by atoms with Crippen LogP contribution in [0, 0.1) is 5.92 Å². The molecule has 2 atom stereocenters. The number of hydrogen-bond donors (Lipinski definition) is 2. The van der Waals surface area contributed by atoms with Gasteiger partial charge in [0.2, 0.25) is 0 Å². The van der Waals surface area contributed by atoms with E-state index < -0.39 is 5.60 Å². The Morgan fingerprint density at radius 1 is 1.56 bits per heavy atom. The van der Waals surface area contributed by atoms with Crippen molar-refractivity contribution in [1.82, 2.24) is 9.88 Å². The molecule has 0 saturated heterocycles. The van der Waals surface area contributed by atoms with Crippen molar-refractivity contribution in [3.05, 3.63) is 24.0 Å². The first-order valence-electron chi connectivity index (χ1n) is 7.20. The summed E-state index contributed by atoms with van der Waals surface area (Å²) in [5, 5.41) is 13.9. The molecule has 1 saturated carbocycles. The van der Waals surface area contributed by atoms with E-state index in [4.69, 9.17) is 0 Å². The predicted molar refractivity (Wildman–Crippen MR) is 74.4 cm³/mol. The normalized spacial score (nSPS) is 28.5. The van der Waals surface area contributed by atoms with E-state index in [2.05, 4.69) is 42.1 Å². The van der Waals surface area contributed by atoms with E-state index in [1.807, 2.05) is 0 Å². The molecule has 0 bridgehead atoms. The van der Waals surface area contributed by atoms with Gasteiger partial charge in [-0.15, -0.1) is 0 Å². The Bertz CT molecular complexity index is 374. The maximum atomic E-state index is 10.5. The van der Waals surface area contributed by atoms with Crippen LogP contribution in [0.2, 0.25) is 0 Å². The van der Waals surface area contributed by atoms with Crippen LogP contribution in [0.4, 0.5) is 0 Å². The number of rotatable bonds is 5. The second kappa shape index (κ2) is 5.89. The Morgan fingerprint density at radius 2 is 2.39 bits per heavy atom. The summed E-state index contributed by atoms with van der Waals surface area (Å²) in [6.07, 6.45) is 6.41. The highest BCUT2D eigenvalue weighted by Gasteiger charge is 2.31. The molecule has 0 aromatic carbocycles. The third-order valence-electron chi connectivity index (χ3n) is 4.09. The average molecular weight is 250 g/mol. The first-order valence-corrected chi connectivity index (χ1v) is 7.20. The summed E-state index contributed by atoms with van der Waals surface area (Å²) in [6, 6.07) is 4.22. The fourth-order valence-corrected chi connectivity index (χ4v) is 3.13. The van der Waals surface area contributed by atoms with Crippen molar-refractivity contribution in [2.45, 2.75) is 58.2 Å². The topological polar surface area (TPSA) is 37.2 Å². The summed E-state index contributed by atoms with van der Waals surface area (Å²) in [6.45, 7) is 6.96. The zero-order valence-corrected chi connectivity index (χ0v) is 11.7. The van der Waals surface area contributed by atoms with Crippen LogP contribution in [0.3, 0.4) is 0 Å². The molecule has 2 N–H and O–H groups in total. The number of aryl methyl sites for hydroxylation is 1. The van der Waals surface area contributed by atoms with Crippen LogP contribution in [-0.2, 0) is 13.1 Å². The van der Waals surface area contributed by atoms with Crippen LogP contribution in [0.1, 0.15) is 45.2 Å². The van der Waals surface area contributed by atoms with Gasteiger partial charge in [0, 0.05) is 31.5 Å². The molecule has 18 heavy (non-hydrogen) atoms. The highest BCUT2D eigenvalue weighted by atomic mass is 16.3. The van der Waals surface area contributed by atoms with Crippen LogP contribution in [-0.4, -0.2) is 21.8 Å². The van der Waals surface area contributed by atoms with Gasteiger partial charge in [-0.2, -0.15) is 0 Å². The highest BCUT2D eigenvalue weighted by molar-refractivity contribution is 5.07. The van der Waals surface area contributed by atoms with Crippen molar-refractivity contribution in [2.24, 2.45) is 5.92 Å². The predicted octanol–water partition coefficient (Wildman–Crippen LogP) is 2.54. The van der Waals surface area contributed by atoms with E-state index in [9.17, 15) is 5.11 Å². The summed E-state index contributed by atoms with van der Waals surface area (Å²) in [5.74, 6) is 0.657. The number of hydrogen-bond acceptors (Lipinski definition) is 2. The van der Waals surface area contributed by atoms with Gasteiger partial charge in [-0.3, -0.25) is 0 Å². The third kappa shape index (κ3) is 3.36. The van der Waals surface area contributed by atoms with E-state index in [0.29, 0.717) is 12.5 Å². The van der Waals surface area contributed by atoms with Crippen LogP contribution in [0.15, 0.2) is 18.3 Å². The lowest BCUT2D eigenvalue weighted by Crippen LogP contribution is -2.43. The van der Waals surface area contributed by atoms with Gasteiger partial charge in [-0.25, -0.2) is 0 Å². The van der Waals surface area contributed by atoms with E-state index >= 15 is 0 Å². The molecule has 2 rings (SSSR count). The number of aliphatic hydroxyl groups is 1. The summed E-state index contributed by atoms with van der Waals surface area (Å²) in [7, 11) is 0. The molecule has 2 unspecified atom stereocenters. The smallest absolute Gasteiger partial charge is 0.0774 e. The van der Waals surface area contributed by atoms with Crippen LogP contribution in [0.5, 0.6) is 0 Å². The molecule has 1 heterocycles. The van der Waals surface area contributed by atoms with Crippen molar-refractivity contribution in [2.75, 3.05) is 6.54 Å². The van der Waals surface area contributed by atoms with E-state index in [1.54, 1.807) is 0 Å². The largest absolute Gasteiger partial charge is 0.389 e. The molecule has 3 nitrogen and oxygen atoms in total. The van der Waals surface area contributed by atoms with Crippen molar-refractivity contribution >= 4 is 0 Å². The summed E-state index contributed by atoms with van der Waals surface area (Å²) < 4.78 is 2.24. The van der Waals surface area contributed by atoms with Crippen molar-refractivity contribution < 1.29 is 5.11 Å². The highest BCUT2D eigenvalue weighted by Crippen LogP contribution is 2.31. The number of aromatic nitrogens is 1. The van der Waals surface area contributed by atoms with E-state index in [0.717, 1.165) is 32.4 Å². The minimum Gasteiger partial charge on any atom is -0.389 e. The fraction of sp³-hybridized carbons (Fsp3) is 0.733. The number of nitrogens with one attached hydrogen (secondary N) is 1. The summed E-state index contributed by atoms with van der Waals surface area (Å²) in [4.78, 5) is 0. The monoisotopic (exact) mass is 250 g/mol. The zero-order chi connectivity index (χ0) is 13.0. The molecule has 0 radical (unpaired) electrons. The summed E-state index contributed by atoms with van der Waals surface area (Å²) >= 11 is 0. The minimum atomic E-state index is -0.485. The molecule has 102 valence electrons.